The van der Waals surface area contributed by atoms with Crippen LogP contribution in [0.1, 0.15) is 11.3 Å². The molecule has 2 N–H and O–H groups in total. The molecule has 2 aromatic heterocycles. The van der Waals surface area contributed by atoms with Crippen LogP contribution in [0, 0.1) is 19.7 Å². The minimum atomic E-state index is -3.67. The van der Waals surface area contributed by atoms with Crippen LogP contribution in [0.5, 0.6) is 0 Å². The standard InChI is InChI=1S/C20H23FN6O3S2/c1-12-4-5-14(10-16(12)32(28,29)27-6-8-30-9-7-27)25-19-23-11-15(21)17(26-19)18-13(2)24-20(22-3)31-18/h4-5,10-11H,6-9H2,1-3H3,(H,22,24)(H,23,25,26). The summed E-state index contributed by atoms with van der Waals surface area (Å²) in [6.45, 7) is 4.89. The Hall–Kier alpha value is -2.67. The highest BCUT2D eigenvalue weighted by atomic mass is 32.2. The van der Waals surface area contributed by atoms with Crippen LogP contribution in [0.25, 0.3) is 10.6 Å². The molecule has 0 atom stereocenters. The number of ether oxygens (including phenoxy) is 1. The molecule has 3 heterocycles. The van der Waals surface area contributed by atoms with E-state index in [0.29, 0.717) is 53.3 Å². The summed E-state index contributed by atoms with van der Waals surface area (Å²) >= 11 is 1.29. The van der Waals surface area contributed by atoms with Crippen LogP contribution in [-0.2, 0) is 14.8 Å². The zero-order valence-electron chi connectivity index (χ0n) is 17.8. The molecular weight excluding hydrogens is 455 g/mol. The number of aryl methyl sites for hydroxylation is 2. The van der Waals surface area contributed by atoms with E-state index in [1.165, 1.54) is 15.6 Å². The molecule has 1 aliphatic heterocycles. The van der Waals surface area contributed by atoms with Crippen LogP contribution < -0.4 is 10.6 Å². The lowest BCUT2D eigenvalue weighted by atomic mass is 10.2. The third kappa shape index (κ3) is 4.44. The molecule has 3 aromatic rings. The van der Waals surface area contributed by atoms with Crippen molar-refractivity contribution in [3.8, 4) is 10.6 Å². The van der Waals surface area contributed by atoms with Gasteiger partial charge in [0, 0.05) is 25.8 Å². The SMILES string of the molecule is CNc1nc(C)c(-c2nc(Nc3ccc(C)c(S(=O)(=O)N4CCOCC4)c3)ncc2F)s1. The Morgan fingerprint density at radius 3 is 2.62 bits per heavy atom. The van der Waals surface area contributed by atoms with E-state index < -0.39 is 15.8 Å². The van der Waals surface area contributed by atoms with Gasteiger partial charge in [-0.2, -0.15) is 4.31 Å². The van der Waals surface area contributed by atoms with Crippen molar-refractivity contribution in [3.63, 3.8) is 0 Å². The fourth-order valence-electron chi connectivity index (χ4n) is 3.32. The number of nitrogens with zero attached hydrogens (tertiary/aromatic N) is 4. The number of benzene rings is 1. The predicted molar refractivity (Wildman–Crippen MR) is 121 cm³/mol. The van der Waals surface area contributed by atoms with Gasteiger partial charge in [0.05, 0.1) is 34.9 Å². The molecule has 0 bridgehead atoms. The number of hydrogen-bond acceptors (Lipinski definition) is 9. The molecule has 1 fully saturated rings. The molecule has 32 heavy (non-hydrogen) atoms. The molecule has 12 heteroatoms. The van der Waals surface area contributed by atoms with E-state index in [0.717, 1.165) is 6.20 Å². The number of hydrogen-bond donors (Lipinski definition) is 2. The van der Waals surface area contributed by atoms with Gasteiger partial charge < -0.3 is 15.4 Å². The quantitative estimate of drug-likeness (QED) is 0.556. The highest BCUT2D eigenvalue weighted by Gasteiger charge is 2.28. The Bertz CT molecular complexity index is 1240. The van der Waals surface area contributed by atoms with Crippen molar-refractivity contribution in [2.75, 3.05) is 44.0 Å². The van der Waals surface area contributed by atoms with Gasteiger partial charge in [0.1, 0.15) is 5.69 Å². The maximum Gasteiger partial charge on any atom is 0.243 e. The molecule has 9 nitrogen and oxygen atoms in total. The summed E-state index contributed by atoms with van der Waals surface area (Å²) in [5.74, 6) is -0.414. The molecule has 1 saturated heterocycles. The molecule has 0 saturated carbocycles. The van der Waals surface area contributed by atoms with Crippen molar-refractivity contribution in [2.45, 2.75) is 18.7 Å². The number of sulfonamides is 1. The van der Waals surface area contributed by atoms with Crippen LogP contribution >= 0.6 is 11.3 Å². The molecule has 4 rings (SSSR count). The molecule has 0 radical (unpaired) electrons. The minimum Gasteiger partial charge on any atom is -0.379 e. The van der Waals surface area contributed by atoms with Gasteiger partial charge in [0.25, 0.3) is 0 Å². The van der Waals surface area contributed by atoms with Crippen LogP contribution in [0.4, 0.5) is 21.2 Å². The second-order valence-corrected chi connectivity index (χ2v) is 10.1. The maximum absolute atomic E-state index is 14.5. The van der Waals surface area contributed by atoms with Crippen LogP contribution in [0.15, 0.2) is 29.3 Å². The summed E-state index contributed by atoms with van der Waals surface area (Å²) in [6.07, 6.45) is 1.09. The van der Waals surface area contributed by atoms with E-state index in [4.69, 9.17) is 4.74 Å². The monoisotopic (exact) mass is 478 g/mol. The van der Waals surface area contributed by atoms with Crippen LogP contribution in [0.2, 0.25) is 0 Å². The molecule has 0 unspecified atom stereocenters. The lowest BCUT2D eigenvalue weighted by Crippen LogP contribution is -2.40. The van der Waals surface area contributed by atoms with Gasteiger partial charge in [-0.05, 0) is 31.5 Å². The largest absolute Gasteiger partial charge is 0.379 e. The summed E-state index contributed by atoms with van der Waals surface area (Å²) in [4.78, 5) is 13.5. The smallest absolute Gasteiger partial charge is 0.243 e. The average molecular weight is 479 g/mol. The first kappa shape index (κ1) is 22.5. The van der Waals surface area contributed by atoms with E-state index in [9.17, 15) is 12.8 Å². The number of morpholine rings is 1. The van der Waals surface area contributed by atoms with Gasteiger partial charge >= 0.3 is 0 Å². The normalized spacial score (nSPS) is 15.0. The summed E-state index contributed by atoms with van der Waals surface area (Å²) in [6, 6.07) is 4.99. The van der Waals surface area contributed by atoms with Crippen LogP contribution in [0.3, 0.4) is 0 Å². The molecule has 0 spiro atoms. The maximum atomic E-state index is 14.5. The third-order valence-corrected chi connectivity index (χ3v) is 8.22. The molecule has 0 amide bonds. The average Bonchev–Trinajstić information content (AvgIpc) is 3.17. The number of anilines is 3. The Morgan fingerprint density at radius 1 is 1.19 bits per heavy atom. The van der Waals surface area contributed by atoms with Crippen molar-refractivity contribution >= 4 is 38.1 Å². The predicted octanol–water partition coefficient (Wildman–Crippen LogP) is 3.16. The second kappa shape index (κ2) is 9.06. The third-order valence-electron chi connectivity index (χ3n) is 5.00. The Kier molecular flexibility index (Phi) is 6.38. The van der Waals surface area contributed by atoms with E-state index >= 15 is 0 Å². The lowest BCUT2D eigenvalue weighted by Gasteiger charge is -2.26. The first-order chi connectivity index (χ1) is 15.3. The number of nitrogens with one attached hydrogen (secondary N) is 2. The topological polar surface area (TPSA) is 109 Å². The van der Waals surface area contributed by atoms with E-state index in [-0.39, 0.29) is 16.5 Å². The number of rotatable bonds is 6. The fourth-order valence-corrected chi connectivity index (χ4v) is 5.89. The summed E-state index contributed by atoms with van der Waals surface area (Å²) in [5.41, 5.74) is 1.89. The van der Waals surface area contributed by atoms with Gasteiger partial charge in [0.15, 0.2) is 10.9 Å². The fraction of sp³-hybridized carbons (Fsp3) is 0.350. The highest BCUT2D eigenvalue weighted by Crippen LogP contribution is 2.33. The number of thiazole rings is 1. The summed E-state index contributed by atoms with van der Waals surface area (Å²) < 4.78 is 47.4. The van der Waals surface area contributed by atoms with Gasteiger partial charge in [-0.3, -0.25) is 0 Å². The van der Waals surface area contributed by atoms with Crippen molar-refractivity contribution < 1.29 is 17.5 Å². The second-order valence-electron chi connectivity index (χ2n) is 7.20. The van der Waals surface area contributed by atoms with E-state index in [1.54, 1.807) is 39.1 Å². The summed E-state index contributed by atoms with van der Waals surface area (Å²) in [7, 11) is -1.93. The summed E-state index contributed by atoms with van der Waals surface area (Å²) in [5, 5.41) is 6.59. The van der Waals surface area contributed by atoms with Gasteiger partial charge in [-0.1, -0.05) is 17.4 Å². The lowest BCUT2D eigenvalue weighted by molar-refractivity contribution is 0.0730. The first-order valence-corrected chi connectivity index (χ1v) is 12.2. The molecule has 1 aromatic carbocycles. The number of aromatic nitrogens is 3. The molecular formula is C20H23FN6O3S2. The molecule has 1 aliphatic rings. The Labute approximate surface area is 189 Å². The highest BCUT2D eigenvalue weighted by molar-refractivity contribution is 7.89. The van der Waals surface area contributed by atoms with Gasteiger partial charge in [-0.15, -0.1) is 0 Å². The molecule has 0 aliphatic carbocycles. The molecule has 170 valence electrons. The Morgan fingerprint density at radius 2 is 1.94 bits per heavy atom. The number of halogens is 1. The van der Waals surface area contributed by atoms with Crippen LogP contribution in [-0.4, -0.2) is 61.0 Å². The van der Waals surface area contributed by atoms with Gasteiger partial charge in [-0.25, -0.2) is 27.8 Å². The van der Waals surface area contributed by atoms with Crippen molar-refractivity contribution in [1.29, 1.82) is 0 Å². The van der Waals surface area contributed by atoms with E-state index in [2.05, 4.69) is 25.6 Å². The Balaban J connectivity index is 1.65. The van der Waals surface area contributed by atoms with Crippen molar-refractivity contribution in [2.24, 2.45) is 0 Å². The zero-order valence-corrected chi connectivity index (χ0v) is 19.5. The van der Waals surface area contributed by atoms with Crippen molar-refractivity contribution in [1.82, 2.24) is 19.3 Å². The zero-order chi connectivity index (χ0) is 22.9. The van der Waals surface area contributed by atoms with Gasteiger partial charge in [0.2, 0.25) is 16.0 Å². The van der Waals surface area contributed by atoms with Crippen molar-refractivity contribution in [3.05, 3.63) is 41.5 Å². The first-order valence-electron chi connectivity index (χ1n) is 9.93. The van der Waals surface area contributed by atoms with E-state index in [1.807, 2.05) is 0 Å². The minimum absolute atomic E-state index is 0.132.